The highest BCUT2D eigenvalue weighted by Gasteiger charge is 2.37. The SMILES string of the molecule is C[Si](C)(C)O[Si](C)(F)c1ccccc1. The third-order valence-corrected chi connectivity index (χ3v) is 7.13. The molecule has 1 unspecified atom stereocenters. The average molecular weight is 228 g/mol. The lowest BCUT2D eigenvalue weighted by molar-refractivity contribution is 0.485. The second-order valence-corrected chi connectivity index (χ2v) is 11.9. The van der Waals surface area contributed by atoms with Gasteiger partial charge in [-0.3, -0.25) is 4.11 Å². The highest BCUT2D eigenvalue weighted by atomic mass is 28.5. The van der Waals surface area contributed by atoms with Gasteiger partial charge in [-0.25, -0.2) is 0 Å². The minimum Gasteiger partial charge on any atom is -0.430 e. The van der Waals surface area contributed by atoms with E-state index in [0.717, 1.165) is 5.19 Å². The quantitative estimate of drug-likeness (QED) is 0.571. The van der Waals surface area contributed by atoms with E-state index >= 15 is 0 Å². The molecule has 0 N–H and O–H groups in total. The third-order valence-electron chi connectivity index (χ3n) is 1.79. The zero-order valence-electron chi connectivity index (χ0n) is 9.17. The van der Waals surface area contributed by atoms with Gasteiger partial charge in [0, 0.05) is 0 Å². The fraction of sp³-hybridized carbons (Fsp3) is 0.400. The van der Waals surface area contributed by atoms with Crippen LogP contribution in [0.4, 0.5) is 4.11 Å². The van der Waals surface area contributed by atoms with Gasteiger partial charge in [0.05, 0.1) is 0 Å². The van der Waals surface area contributed by atoms with Gasteiger partial charge >= 0.3 is 8.65 Å². The molecule has 1 rings (SSSR count). The molecule has 0 spiro atoms. The minimum absolute atomic E-state index is 0.724. The second kappa shape index (κ2) is 3.96. The summed E-state index contributed by atoms with van der Waals surface area (Å²) in [5, 5.41) is 0.724. The first kappa shape index (κ1) is 11.6. The lowest BCUT2D eigenvalue weighted by atomic mass is 10.4. The molecule has 0 saturated heterocycles. The van der Waals surface area contributed by atoms with Crippen molar-refractivity contribution in [2.24, 2.45) is 0 Å². The number of hydrogen-bond donors (Lipinski definition) is 0. The van der Waals surface area contributed by atoms with Crippen LogP contribution in [0, 0.1) is 0 Å². The van der Waals surface area contributed by atoms with E-state index in [9.17, 15) is 4.11 Å². The molecule has 0 amide bonds. The monoisotopic (exact) mass is 228 g/mol. The first-order valence-corrected chi connectivity index (χ1v) is 10.5. The molecule has 0 saturated carbocycles. The summed E-state index contributed by atoms with van der Waals surface area (Å²) in [6.07, 6.45) is 0. The molecule has 1 nitrogen and oxygen atoms in total. The average Bonchev–Trinajstić information content (AvgIpc) is 2.01. The van der Waals surface area contributed by atoms with E-state index in [-0.39, 0.29) is 0 Å². The molecule has 1 aromatic carbocycles. The molecular formula is C10H17FOSi2. The van der Waals surface area contributed by atoms with E-state index in [1.807, 2.05) is 50.0 Å². The number of benzene rings is 1. The second-order valence-electron chi connectivity index (χ2n) is 4.50. The predicted molar refractivity (Wildman–Crippen MR) is 63.2 cm³/mol. The maximum Gasteiger partial charge on any atom is 0.402 e. The molecule has 78 valence electrons. The van der Waals surface area contributed by atoms with Gasteiger partial charge in [-0.2, -0.15) is 0 Å². The van der Waals surface area contributed by atoms with Crippen LogP contribution in [0.5, 0.6) is 0 Å². The Hall–Kier alpha value is -0.456. The standard InChI is InChI=1S/C10H17FOSi2/c1-13(2,3)12-14(4,11)10-8-6-5-7-9-10/h5-9H,1-4H3. The summed E-state index contributed by atoms with van der Waals surface area (Å²) in [5.41, 5.74) is 0. The van der Waals surface area contributed by atoms with Crippen LogP contribution >= 0.6 is 0 Å². The highest BCUT2D eigenvalue weighted by molar-refractivity contribution is 6.88. The molecular weight excluding hydrogens is 211 g/mol. The molecule has 4 heteroatoms. The Bertz CT molecular complexity index is 293. The molecule has 0 aromatic heterocycles. The first-order valence-electron chi connectivity index (χ1n) is 4.76. The fourth-order valence-electron chi connectivity index (χ4n) is 1.37. The van der Waals surface area contributed by atoms with Gasteiger partial charge in [0.1, 0.15) is 0 Å². The van der Waals surface area contributed by atoms with Crippen molar-refractivity contribution in [1.82, 2.24) is 0 Å². The topological polar surface area (TPSA) is 9.23 Å². The Morgan fingerprint density at radius 2 is 1.50 bits per heavy atom. The van der Waals surface area contributed by atoms with E-state index in [2.05, 4.69) is 0 Å². The predicted octanol–water partition coefficient (Wildman–Crippen LogP) is 2.79. The highest BCUT2D eigenvalue weighted by Crippen LogP contribution is 2.15. The summed E-state index contributed by atoms with van der Waals surface area (Å²) in [4.78, 5) is 0. The van der Waals surface area contributed by atoms with Crippen molar-refractivity contribution in [2.75, 3.05) is 0 Å². The molecule has 1 aromatic rings. The van der Waals surface area contributed by atoms with Crippen molar-refractivity contribution in [3.05, 3.63) is 30.3 Å². The van der Waals surface area contributed by atoms with Crippen LogP contribution in [-0.2, 0) is 4.12 Å². The van der Waals surface area contributed by atoms with Crippen LogP contribution < -0.4 is 5.19 Å². The van der Waals surface area contributed by atoms with Crippen molar-refractivity contribution >= 4 is 22.2 Å². The fourth-order valence-corrected chi connectivity index (χ4v) is 7.23. The molecule has 0 aliphatic rings. The van der Waals surface area contributed by atoms with Crippen LogP contribution in [0.25, 0.3) is 0 Å². The molecule has 0 bridgehead atoms. The maximum absolute atomic E-state index is 14.3. The van der Waals surface area contributed by atoms with Gasteiger partial charge in [-0.15, -0.1) is 0 Å². The molecule has 1 atom stereocenters. The van der Waals surface area contributed by atoms with Crippen LogP contribution in [-0.4, -0.2) is 17.0 Å². The molecule has 0 radical (unpaired) electrons. The number of halogens is 1. The van der Waals surface area contributed by atoms with E-state index in [1.54, 1.807) is 6.55 Å². The molecule has 0 fully saturated rings. The smallest absolute Gasteiger partial charge is 0.402 e. The Balaban J connectivity index is 2.86. The van der Waals surface area contributed by atoms with Gasteiger partial charge in [0.25, 0.3) is 0 Å². The number of rotatable bonds is 3. The van der Waals surface area contributed by atoms with Gasteiger partial charge in [0.15, 0.2) is 8.32 Å². The lowest BCUT2D eigenvalue weighted by Gasteiger charge is -2.27. The third kappa shape index (κ3) is 3.36. The van der Waals surface area contributed by atoms with Crippen LogP contribution in [0.15, 0.2) is 30.3 Å². The molecule has 0 heterocycles. The Morgan fingerprint density at radius 1 is 1.00 bits per heavy atom. The Labute approximate surface area is 87.4 Å². The molecule has 0 aliphatic carbocycles. The van der Waals surface area contributed by atoms with Crippen molar-refractivity contribution in [2.45, 2.75) is 26.2 Å². The van der Waals surface area contributed by atoms with Crippen molar-refractivity contribution < 1.29 is 8.22 Å². The summed E-state index contributed by atoms with van der Waals surface area (Å²) in [6.45, 7) is 7.66. The Kier molecular flexibility index (Phi) is 3.29. The van der Waals surface area contributed by atoms with Crippen LogP contribution in [0.3, 0.4) is 0 Å². The van der Waals surface area contributed by atoms with Crippen molar-refractivity contribution in [1.29, 1.82) is 0 Å². The lowest BCUT2D eigenvalue weighted by Crippen LogP contribution is -2.50. The maximum atomic E-state index is 14.3. The van der Waals surface area contributed by atoms with Gasteiger partial charge < -0.3 is 4.12 Å². The van der Waals surface area contributed by atoms with Crippen molar-refractivity contribution in [3.63, 3.8) is 0 Å². The zero-order valence-corrected chi connectivity index (χ0v) is 11.2. The first-order chi connectivity index (χ1) is 6.31. The summed E-state index contributed by atoms with van der Waals surface area (Å²) in [6, 6.07) is 9.22. The Morgan fingerprint density at radius 3 is 1.93 bits per heavy atom. The largest absolute Gasteiger partial charge is 0.430 e. The number of hydrogen-bond acceptors (Lipinski definition) is 1. The summed E-state index contributed by atoms with van der Waals surface area (Å²) >= 11 is 0. The van der Waals surface area contributed by atoms with E-state index in [4.69, 9.17) is 4.12 Å². The van der Waals surface area contributed by atoms with Crippen molar-refractivity contribution in [3.8, 4) is 0 Å². The normalized spacial score (nSPS) is 16.4. The summed E-state index contributed by atoms with van der Waals surface area (Å²) in [5.74, 6) is 0. The van der Waals surface area contributed by atoms with E-state index < -0.39 is 17.0 Å². The van der Waals surface area contributed by atoms with Crippen LogP contribution in [0.2, 0.25) is 26.2 Å². The summed E-state index contributed by atoms with van der Waals surface area (Å²) in [7, 11) is -4.94. The van der Waals surface area contributed by atoms with E-state index in [1.165, 1.54) is 0 Å². The van der Waals surface area contributed by atoms with Gasteiger partial charge in [-0.05, 0) is 31.4 Å². The van der Waals surface area contributed by atoms with E-state index in [0.29, 0.717) is 0 Å². The molecule has 14 heavy (non-hydrogen) atoms. The zero-order chi connectivity index (χ0) is 10.8. The summed E-state index contributed by atoms with van der Waals surface area (Å²) < 4.78 is 19.9. The molecule has 0 aliphatic heterocycles. The minimum atomic E-state index is -3.15. The van der Waals surface area contributed by atoms with Gasteiger partial charge in [-0.1, -0.05) is 30.3 Å². The van der Waals surface area contributed by atoms with Gasteiger partial charge in [0.2, 0.25) is 0 Å². The van der Waals surface area contributed by atoms with Crippen LogP contribution in [0.1, 0.15) is 0 Å².